The second-order valence-corrected chi connectivity index (χ2v) is 3.76. The number of nitrogens with zero attached hydrogens (tertiary/aromatic N) is 2. The van der Waals surface area contributed by atoms with Gasteiger partial charge in [0.25, 0.3) is 0 Å². The van der Waals surface area contributed by atoms with E-state index in [1.807, 2.05) is 0 Å². The fraction of sp³-hybridized carbons (Fsp3) is 0.750. The molecular weight excluding hydrogens is 170 g/mol. The van der Waals surface area contributed by atoms with Crippen LogP contribution in [0.1, 0.15) is 20.3 Å². The lowest BCUT2D eigenvalue weighted by Crippen LogP contribution is -2.52. The van der Waals surface area contributed by atoms with Crippen molar-refractivity contribution in [2.75, 3.05) is 13.1 Å². The Morgan fingerprint density at radius 3 is 2.38 bits per heavy atom. The van der Waals surface area contributed by atoms with E-state index in [4.69, 9.17) is 10.9 Å². The number of likely N-dealkylation sites (tertiary alicyclic amines) is 1. The Morgan fingerprint density at radius 1 is 1.54 bits per heavy atom. The van der Waals surface area contributed by atoms with Crippen molar-refractivity contribution in [2.45, 2.75) is 20.3 Å². The Balaban J connectivity index is 2.73. The molecule has 5 heteroatoms. The highest BCUT2D eigenvalue weighted by atomic mass is 16.4. The van der Waals surface area contributed by atoms with Crippen LogP contribution >= 0.6 is 0 Å². The standard InChI is InChI=1S/C8H15N3O2/c1-8(2,6(9)10-13)7(12)11-4-3-5-11/h13H,3-5H2,1-2H3,(H2,9,10). The second kappa shape index (κ2) is 3.24. The van der Waals surface area contributed by atoms with Crippen molar-refractivity contribution >= 4 is 11.7 Å². The summed E-state index contributed by atoms with van der Waals surface area (Å²) in [6, 6.07) is 0. The first-order chi connectivity index (χ1) is 6.00. The van der Waals surface area contributed by atoms with E-state index in [0.717, 1.165) is 19.5 Å². The molecule has 0 unspecified atom stereocenters. The van der Waals surface area contributed by atoms with Gasteiger partial charge >= 0.3 is 0 Å². The summed E-state index contributed by atoms with van der Waals surface area (Å²) >= 11 is 0. The summed E-state index contributed by atoms with van der Waals surface area (Å²) in [6.45, 7) is 4.87. The third kappa shape index (κ3) is 1.59. The average molecular weight is 185 g/mol. The van der Waals surface area contributed by atoms with Gasteiger partial charge in [-0.05, 0) is 20.3 Å². The molecule has 1 heterocycles. The van der Waals surface area contributed by atoms with Gasteiger partial charge in [0.05, 0.1) is 0 Å². The molecule has 1 fully saturated rings. The number of oxime groups is 1. The molecule has 1 aliphatic rings. The molecule has 0 bridgehead atoms. The van der Waals surface area contributed by atoms with Crippen LogP contribution in [0.2, 0.25) is 0 Å². The summed E-state index contributed by atoms with van der Waals surface area (Å²) in [6.07, 6.45) is 1.04. The van der Waals surface area contributed by atoms with Crippen molar-refractivity contribution in [1.82, 2.24) is 4.90 Å². The second-order valence-electron chi connectivity index (χ2n) is 3.76. The lowest BCUT2D eigenvalue weighted by atomic mass is 9.89. The topological polar surface area (TPSA) is 78.9 Å². The molecule has 1 rings (SSSR count). The number of nitrogens with two attached hydrogens (primary N) is 1. The molecule has 0 saturated carbocycles. The van der Waals surface area contributed by atoms with E-state index in [0.29, 0.717) is 0 Å². The van der Waals surface area contributed by atoms with Crippen LogP contribution in [-0.2, 0) is 4.79 Å². The maximum absolute atomic E-state index is 11.7. The summed E-state index contributed by atoms with van der Waals surface area (Å²) in [5, 5.41) is 11.4. The SMILES string of the molecule is CC(C)(C(=O)N1CCC1)/C(N)=N/O. The van der Waals surface area contributed by atoms with Gasteiger partial charge in [-0.1, -0.05) is 5.16 Å². The zero-order valence-electron chi connectivity index (χ0n) is 7.95. The Hall–Kier alpha value is -1.26. The van der Waals surface area contributed by atoms with Crippen molar-refractivity contribution < 1.29 is 10.0 Å². The highest BCUT2D eigenvalue weighted by molar-refractivity contribution is 6.06. The predicted molar refractivity (Wildman–Crippen MR) is 48.4 cm³/mol. The fourth-order valence-electron chi connectivity index (χ4n) is 1.15. The first-order valence-electron chi connectivity index (χ1n) is 4.27. The molecule has 5 nitrogen and oxygen atoms in total. The molecule has 0 spiro atoms. The van der Waals surface area contributed by atoms with Crippen LogP contribution in [0.25, 0.3) is 0 Å². The summed E-state index contributed by atoms with van der Waals surface area (Å²) in [7, 11) is 0. The van der Waals surface area contributed by atoms with Gasteiger partial charge in [0.1, 0.15) is 5.41 Å². The van der Waals surface area contributed by atoms with Crippen LogP contribution in [0.3, 0.4) is 0 Å². The summed E-state index contributed by atoms with van der Waals surface area (Å²) in [5.41, 5.74) is 4.53. The van der Waals surface area contributed by atoms with Gasteiger partial charge in [-0.25, -0.2) is 0 Å². The maximum Gasteiger partial charge on any atom is 0.235 e. The minimum atomic E-state index is -0.894. The Kier molecular flexibility index (Phi) is 2.45. The zero-order chi connectivity index (χ0) is 10.1. The summed E-state index contributed by atoms with van der Waals surface area (Å²) < 4.78 is 0. The van der Waals surface area contributed by atoms with Gasteiger partial charge < -0.3 is 15.8 Å². The molecular formula is C8H15N3O2. The van der Waals surface area contributed by atoms with Gasteiger partial charge in [-0.2, -0.15) is 0 Å². The average Bonchev–Trinajstić information content (AvgIpc) is 1.99. The molecule has 0 radical (unpaired) electrons. The molecule has 1 saturated heterocycles. The Bertz CT molecular complexity index is 244. The molecule has 13 heavy (non-hydrogen) atoms. The van der Waals surface area contributed by atoms with E-state index in [2.05, 4.69) is 5.16 Å². The minimum absolute atomic E-state index is 0.0376. The van der Waals surface area contributed by atoms with Crippen LogP contribution < -0.4 is 5.73 Å². The van der Waals surface area contributed by atoms with Crippen molar-refractivity contribution in [2.24, 2.45) is 16.3 Å². The van der Waals surface area contributed by atoms with Crippen LogP contribution in [0.15, 0.2) is 5.16 Å². The first kappa shape index (κ1) is 9.83. The summed E-state index contributed by atoms with van der Waals surface area (Å²) in [5.74, 6) is -0.113. The largest absolute Gasteiger partial charge is 0.409 e. The predicted octanol–water partition coefficient (Wildman–Crippen LogP) is -0.00870. The Labute approximate surface area is 77.2 Å². The van der Waals surface area contributed by atoms with Crippen molar-refractivity contribution in [1.29, 1.82) is 0 Å². The normalized spacial score (nSPS) is 18.3. The van der Waals surface area contributed by atoms with Crippen LogP contribution in [-0.4, -0.2) is 34.9 Å². The molecule has 1 aliphatic heterocycles. The van der Waals surface area contributed by atoms with E-state index in [-0.39, 0.29) is 11.7 Å². The monoisotopic (exact) mass is 185 g/mol. The van der Waals surface area contributed by atoms with Crippen molar-refractivity contribution in [3.63, 3.8) is 0 Å². The number of carbonyl (C=O) groups excluding carboxylic acids is 1. The van der Waals surface area contributed by atoms with Crippen LogP contribution in [0.5, 0.6) is 0 Å². The van der Waals surface area contributed by atoms with Crippen LogP contribution in [0.4, 0.5) is 0 Å². The number of amidine groups is 1. The third-order valence-corrected chi connectivity index (χ3v) is 2.43. The minimum Gasteiger partial charge on any atom is -0.409 e. The molecule has 1 amide bonds. The van der Waals surface area contributed by atoms with Gasteiger partial charge in [-0.3, -0.25) is 4.79 Å². The van der Waals surface area contributed by atoms with Crippen molar-refractivity contribution in [3.05, 3.63) is 0 Å². The number of hydrogen-bond acceptors (Lipinski definition) is 3. The molecule has 0 aromatic heterocycles. The Morgan fingerprint density at radius 2 is 2.08 bits per heavy atom. The molecule has 74 valence electrons. The molecule has 0 aliphatic carbocycles. The molecule has 3 N–H and O–H groups in total. The molecule has 0 aromatic carbocycles. The van der Waals surface area contributed by atoms with E-state index < -0.39 is 5.41 Å². The van der Waals surface area contributed by atoms with Gasteiger partial charge in [-0.15, -0.1) is 0 Å². The number of carbonyl (C=O) groups is 1. The maximum atomic E-state index is 11.7. The van der Waals surface area contributed by atoms with E-state index in [9.17, 15) is 4.79 Å². The van der Waals surface area contributed by atoms with E-state index >= 15 is 0 Å². The number of amides is 1. The zero-order valence-corrected chi connectivity index (χ0v) is 7.95. The lowest BCUT2D eigenvalue weighted by Gasteiger charge is -2.36. The third-order valence-electron chi connectivity index (χ3n) is 2.43. The van der Waals surface area contributed by atoms with Crippen molar-refractivity contribution in [3.8, 4) is 0 Å². The lowest BCUT2D eigenvalue weighted by molar-refractivity contribution is -0.140. The smallest absolute Gasteiger partial charge is 0.235 e. The highest BCUT2D eigenvalue weighted by Crippen LogP contribution is 2.22. The van der Waals surface area contributed by atoms with Gasteiger partial charge in [0.15, 0.2) is 5.84 Å². The fourth-order valence-corrected chi connectivity index (χ4v) is 1.15. The van der Waals surface area contributed by atoms with Gasteiger partial charge in [0.2, 0.25) is 5.91 Å². The van der Waals surface area contributed by atoms with Gasteiger partial charge in [0, 0.05) is 13.1 Å². The number of rotatable bonds is 2. The van der Waals surface area contributed by atoms with E-state index in [1.54, 1.807) is 18.7 Å². The summed E-state index contributed by atoms with van der Waals surface area (Å²) in [4.78, 5) is 13.4. The first-order valence-corrected chi connectivity index (χ1v) is 4.27. The van der Waals surface area contributed by atoms with Crippen LogP contribution in [0, 0.1) is 5.41 Å². The molecule has 0 aromatic rings. The molecule has 0 atom stereocenters. The number of hydrogen-bond donors (Lipinski definition) is 2. The quantitative estimate of drug-likeness (QED) is 0.275. The van der Waals surface area contributed by atoms with E-state index in [1.165, 1.54) is 0 Å². The highest BCUT2D eigenvalue weighted by Gasteiger charge is 2.38.